The van der Waals surface area contributed by atoms with Crippen LogP contribution in [0.4, 0.5) is 0 Å². The molecule has 0 fully saturated rings. The molecule has 0 saturated carbocycles. The van der Waals surface area contributed by atoms with Crippen LogP contribution in [0, 0.1) is 0 Å². The third-order valence-corrected chi connectivity index (χ3v) is 3.96. The Morgan fingerprint density at radius 1 is 1.38 bits per heavy atom. The highest BCUT2D eigenvalue weighted by Crippen LogP contribution is 2.20. The van der Waals surface area contributed by atoms with Crippen molar-refractivity contribution in [2.24, 2.45) is 12.0 Å². The van der Waals surface area contributed by atoms with E-state index in [0.29, 0.717) is 13.1 Å². The van der Waals surface area contributed by atoms with Gasteiger partial charge < -0.3 is 10.6 Å². The van der Waals surface area contributed by atoms with E-state index in [9.17, 15) is 0 Å². The molecule has 21 heavy (non-hydrogen) atoms. The Labute approximate surface area is 150 Å². The fraction of sp³-hybridized carbons (Fsp3) is 0.385. The predicted molar refractivity (Wildman–Crippen MR) is 99.6 cm³/mol. The maximum atomic E-state index is 5.92. The third kappa shape index (κ3) is 5.84. The van der Waals surface area contributed by atoms with Crippen LogP contribution in [0.1, 0.15) is 17.5 Å². The Kier molecular flexibility index (Phi) is 8.05. The van der Waals surface area contributed by atoms with Gasteiger partial charge in [-0.2, -0.15) is 5.10 Å². The number of aliphatic imine (C=N–C) groups is 1. The van der Waals surface area contributed by atoms with Gasteiger partial charge in [0.1, 0.15) is 0 Å². The molecule has 0 saturated heterocycles. The largest absolute Gasteiger partial charge is 0.357 e. The van der Waals surface area contributed by atoms with E-state index in [0.717, 1.165) is 22.5 Å². The number of thiophene rings is 1. The molecule has 0 aromatic carbocycles. The van der Waals surface area contributed by atoms with Crippen LogP contribution < -0.4 is 10.6 Å². The molecule has 5 nitrogen and oxygen atoms in total. The van der Waals surface area contributed by atoms with Gasteiger partial charge in [0, 0.05) is 24.7 Å². The van der Waals surface area contributed by atoms with Crippen LogP contribution in [-0.2, 0) is 20.1 Å². The highest BCUT2D eigenvalue weighted by atomic mass is 127. The quantitative estimate of drug-likeness (QED) is 0.428. The summed E-state index contributed by atoms with van der Waals surface area (Å²) in [5, 5.41) is 10.6. The van der Waals surface area contributed by atoms with Crippen LogP contribution in [0.25, 0.3) is 0 Å². The van der Waals surface area contributed by atoms with E-state index in [1.165, 1.54) is 4.88 Å². The van der Waals surface area contributed by atoms with Crippen LogP contribution in [-0.4, -0.2) is 22.3 Å². The van der Waals surface area contributed by atoms with E-state index >= 15 is 0 Å². The minimum Gasteiger partial charge on any atom is -0.357 e. The lowest BCUT2D eigenvalue weighted by molar-refractivity contribution is 0.707. The van der Waals surface area contributed by atoms with Gasteiger partial charge >= 0.3 is 0 Å². The highest BCUT2D eigenvalue weighted by molar-refractivity contribution is 14.0. The van der Waals surface area contributed by atoms with Crippen molar-refractivity contribution in [1.82, 2.24) is 20.4 Å². The number of nitrogens with zero attached hydrogens (tertiary/aromatic N) is 3. The minimum atomic E-state index is 0. The summed E-state index contributed by atoms with van der Waals surface area (Å²) in [4.78, 5) is 5.73. The molecule has 2 aromatic heterocycles. The number of hydrogen-bond donors (Lipinski definition) is 2. The van der Waals surface area contributed by atoms with Crippen LogP contribution >= 0.6 is 46.9 Å². The van der Waals surface area contributed by atoms with Crippen LogP contribution in [0.3, 0.4) is 0 Å². The van der Waals surface area contributed by atoms with Crippen molar-refractivity contribution in [3.63, 3.8) is 0 Å². The van der Waals surface area contributed by atoms with Crippen molar-refractivity contribution in [3.05, 3.63) is 39.3 Å². The lowest BCUT2D eigenvalue weighted by Gasteiger charge is -2.10. The first-order valence-electron chi connectivity index (χ1n) is 6.42. The predicted octanol–water partition coefficient (Wildman–Crippen LogP) is 3.01. The van der Waals surface area contributed by atoms with Gasteiger partial charge in [-0.05, 0) is 25.1 Å². The molecule has 2 aromatic rings. The number of rotatable bonds is 5. The third-order valence-electron chi connectivity index (χ3n) is 2.72. The fourth-order valence-electron chi connectivity index (χ4n) is 1.68. The van der Waals surface area contributed by atoms with Crippen LogP contribution in [0.2, 0.25) is 4.34 Å². The molecule has 8 heteroatoms. The van der Waals surface area contributed by atoms with Gasteiger partial charge in [0.05, 0.1) is 23.1 Å². The zero-order chi connectivity index (χ0) is 14.4. The number of aryl methyl sites for hydroxylation is 1. The average molecular weight is 440 g/mol. The summed E-state index contributed by atoms with van der Waals surface area (Å²) >= 11 is 7.49. The Bertz CT molecular complexity index is 581. The van der Waals surface area contributed by atoms with Crippen molar-refractivity contribution in [1.29, 1.82) is 0 Å². The molecule has 0 radical (unpaired) electrons. The van der Waals surface area contributed by atoms with Crippen LogP contribution in [0.15, 0.2) is 29.4 Å². The molecule has 0 aliphatic heterocycles. The molecule has 0 spiro atoms. The molecule has 116 valence electrons. The van der Waals surface area contributed by atoms with E-state index in [2.05, 4.69) is 20.7 Å². The second kappa shape index (κ2) is 9.26. The maximum absolute atomic E-state index is 5.92. The fourth-order valence-corrected chi connectivity index (χ4v) is 2.70. The van der Waals surface area contributed by atoms with Crippen LogP contribution in [0.5, 0.6) is 0 Å². The Morgan fingerprint density at radius 2 is 2.19 bits per heavy atom. The summed E-state index contributed by atoms with van der Waals surface area (Å²) in [6, 6.07) is 5.89. The second-order valence-electron chi connectivity index (χ2n) is 4.20. The summed E-state index contributed by atoms with van der Waals surface area (Å²) < 4.78 is 2.63. The Hall–Kier alpha value is -0.800. The molecule has 0 amide bonds. The first-order valence-corrected chi connectivity index (χ1v) is 7.61. The van der Waals surface area contributed by atoms with Crippen molar-refractivity contribution < 1.29 is 0 Å². The summed E-state index contributed by atoms with van der Waals surface area (Å²) in [5.41, 5.74) is 1.07. The first kappa shape index (κ1) is 18.2. The molecule has 0 unspecified atom stereocenters. The van der Waals surface area contributed by atoms with Gasteiger partial charge in [-0.3, -0.25) is 4.68 Å². The smallest absolute Gasteiger partial charge is 0.191 e. The molecule has 0 aliphatic rings. The number of aromatic nitrogens is 2. The van der Waals surface area contributed by atoms with Gasteiger partial charge in [0.2, 0.25) is 0 Å². The normalized spacial score (nSPS) is 11.1. The first-order chi connectivity index (χ1) is 9.69. The van der Waals surface area contributed by atoms with Gasteiger partial charge in [-0.25, -0.2) is 4.99 Å². The van der Waals surface area contributed by atoms with E-state index in [-0.39, 0.29) is 24.0 Å². The SMILES string of the molecule is CCNC(=NCc1ccnn1C)NCc1ccc(Cl)s1.I. The second-order valence-corrected chi connectivity index (χ2v) is 6.00. The van der Waals surface area contributed by atoms with Gasteiger partial charge in [0.15, 0.2) is 5.96 Å². The van der Waals surface area contributed by atoms with Crippen molar-refractivity contribution in [2.75, 3.05) is 6.54 Å². The van der Waals surface area contributed by atoms with Crippen molar-refractivity contribution in [3.8, 4) is 0 Å². The molecule has 0 aliphatic carbocycles. The van der Waals surface area contributed by atoms with Crippen molar-refractivity contribution in [2.45, 2.75) is 20.0 Å². The summed E-state index contributed by atoms with van der Waals surface area (Å²) in [6.45, 7) is 4.18. The van der Waals surface area contributed by atoms with Gasteiger partial charge in [-0.1, -0.05) is 11.6 Å². The van der Waals surface area contributed by atoms with E-state index in [1.54, 1.807) is 17.5 Å². The molecular formula is C13H19ClIN5S. The Morgan fingerprint density at radius 3 is 2.76 bits per heavy atom. The monoisotopic (exact) mass is 439 g/mol. The number of halogens is 2. The van der Waals surface area contributed by atoms with E-state index in [1.807, 2.05) is 36.9 Å². The van der Waals surface area contributed by atoms with Gasteiger partial charge in [-0.15, -0.1) is 35.3 Å². The summed E-state index contributed by atoms with van der Waals surface area (Å²) in [6.07, 6.45) is 1.78. The maximum Gasteiger partial charge on any atom is 0.191 e. The standard InChI is InChI=1S/C13H18ClN5S.HI/c1-3-15-13(16-8-10-6-7-18-19(10)2)17-9-11-4-5-12(14)20-11;/h4-7H,3,8-9H2,1-2H3,(H2,15,16,17);1H. The average Bonchev–Trinajstić information content (AvgIpc) is 3.02. The number of hydrogen-bond acceptors (Lipinski definition) is 3. The minimum absolute atomic E-state index is 0. The topological polar surface area (TPSA) is 54.2 Å². The zero-order valence-electron chi connectivity index (χ0n) is 12.0. The highest BCUT2D eigenvalue weighted by Gasteiger charge is 2.02. The molecule has 0 bridgehead atoms. The molecule has 2 N–H and O–H groups in total. The zero-order valence-corrected chi connectivity index (χ0v) is 15.9. The molecule has 0 atom stereocenters. The number of guanidine groups is 1. The molecule has 2 heterocycles. The molecular weight excluding hydrogens is 421 g/mol. The summed E-state index contributed by atoms with van der Waals surface area (Å²) in [5.74, 6) is 0.790. The summed E-state index contributed by atoms with van der Waals surface area (Å²) in [7, 11) is 1.92. The number of nitrogens with one attached hydrogen (secondary N) is 2. The lowest BCUT2D eigenvalue weighted by Crippen LogP contribution is -2.36. The van der Waals surface area contributed by atoms with E-state index < -0.39 is 0 Å². The van der Waals surface area contributed by atoms with Gasteiger partial charge in [0.25, 0.3) is 0 Å². The Balaban J connectivity index is 0.00000220. The lowest BCUT2D eigenvalue weighted by atomic mass is 10.4. The molecule has 2 rings (SSSR count). The van der Waals surface area contributed by atoms with Crippen molar-refractivity contribution >= 4 is 52.9 Å². The van der Waals surface area contributed by atoms with E-state index in [4.69, 9.17) is 11.6 Å².